The summed E-state index contributed by atoms with van der Waals surface area (Å²) >= 11 is 0. The highest BCUT2D eigenvalue weighted by atomic mass is 16.6. The van der Waals surface area contributed by atoms with E-state index < -0.39 is 0 Å². The van der Waals surface area contributed by atoms with Crippen LogP contribution in [0.3, 0.4) is 0 Å². The summed E-state index contributed by atoms with van der Waals surface area (Å²) in [4.78, 5) is 0. The van der Waals surface area contributed by atoms with E-state index in [0.29, 0.717) is 23.7 Å². The van der Waals surface area contributed by atoms with Gasteiger partial charge in [0.15, 0.2) is 11.5 Å². The molecule has 0 aliphatic carbocycles. The van der Waals surface area contributed by atoms with Gasteiger partial charge in [0.25, 0.3) is 0 Å². The summed E-state index contributed by atoms with van der Waals surface area (Å²) in [7, 11) is 1.61. The highest BCUT2D eigenvalue weighted by Gasteiger charge is 2.23. The number of rotatable bonds is 9. The molecule has 2 aromatic carbocycles. The zero-order valence-corrected chi connectivity index (χ0v) is 16.3. The Balaban J connectivity index is 2.28. The normalized spacial score (nSPS) is 13.5. The van der Waals surface area contributed by atoms with Crippen LogP contribution in [0.25, 0.3) is 6.08 Å². The zero-order chi connectivity index (χ0) is 19.8. The molecule has 27 heavy (non-hydrogen) atoms. The summed E-state index contributed by atoms with van der Waals surface area (Å²) in [6.45, 7) is 6.06. The average Bonchev–Trinajstić information content (AvgIpc) is 2.68. The summed E-state index contributed by atoms with van der Waals surface area (Å²) in [6.07, 6.45) is 3.28. The number of benzene rings is 2. The Morgan fingerprint density at radius 1 is 1.11 bits per heavy atom. The zero-order valence-electron chi connectivity index (χ0n) is 16.3. The Hall–Kier alpha value is -2.50. The Morgan fingerprint density at radius 2 is 1.89 bits per heavy atom. The van der Waals surface area contributed by atoms with Gasteiger partial charge in [-0.2, -0.15) is 0 Å². The second-order valence-electron chi connectivity index (χ2n) is 6.16. The number of aromatic hydroxyl groups is 1. The van der Waals surface area contributed by atoms with Crippen LogP contribution in [0.4, 0.5) is 0 Å². The highest BCUT2D eigenvalue weighted by Crippen LogP contribution is 2.33. The van der Waals surface area contributed by atoms with Crippen LogP contribution in [0.5, 0.6) is 17.2 Å². The van der Waals surface area contributed by atoms with E-state index in [4.69, 9.17) is 14.2 Å². The van der Waals surface area contributed by atoms with Gasteiger partial charge >= 0.3 is 0 Å². The number of phenols is 1. The van der Waals surface area contributed by atoms with Crippen molar-refractivity contribution in [2.75, 3.05) is 13.7 Å². The molecule has 0 aliphatic rings. The van der Waals surface area contributed by atoms with E-state index >= 15 is 0 Å². The molecule has 0 saturated heterocycles. The smallest absolute Gasteiger partial charge is 0.161 e. The summed E-state index contributed by atoms with van der Waals surface area (Å²) in [6, 6.07) is 10.8. The van der Waals surface area contributed by atoms with Gasteiger partial charge in [-0.25, -0.2) is 0 Å². The molecule has 0 saturated carbocycles. The van der Waals surface area contributed by atoms with Gasteiger partial charge in [-0.15, -0.1) is 0 Å². The molecular weight excluding hydrogens is 344 g/mol. The number of hydrogen-bond donors (Lipinski definition) is 2. The van der Waals surface area contributed by atoms with Crippen molar-refractivity contribution in [1.29, 1.82) is 0 Å². The molecule has 2 rings (SSSR count). The Labute approximate surface area is 160 Å². The SMILES string of the molecule is C/C=C/c1ccc(OC(C)C(OCC)c2ccc(O)c(CO)c2)c(OC)c1. The van der Waals surface area contributed by atoms with Gasteiger partial charge in [-0.3, -0.25) is 0 Å². The van der Waals surface area contributed by atoms with Crippen molar-refractivity contribution >= 4 is 6.08 Å². The van der Waals surface area contributed by atoms with E-state index in [0.717, 1.165) is 11.1 Å². The molecule has 2 atom stereocenters. The lowest BCUT2D eigenvalue weighted by atomic mass is 10.0. The quantitative estimate of drug-likeness (QED) is 0.680. The molecule has 0 bridgehead atoms. The summed E-state index contributed by atoms with van der Waals surface area (Å²) in [5.41, 5.74) is 2.32. The molecule has 0 amide bonds. The van der Waals surface area contributed by atoms with Crippen molar-refractivity contribution in [2.45, 2.75) is 39.6 Å². The van der Waals surface area contributed by atoms with Crippen LogP contribution < -0.4 is 9.47 Å². The first kappa shape index (κ1) is 20.8. The molecule has 5 nitrogen and oxygen atoms in total. The Bertz CT molecular complexity index is 769. The molecule has 0 heterocycles. The molecular formula is C22H28O5. The lowest BCUT2D eigenvalue weighted by Gasteiger charge is -2.26. The fourth-order valence-electron chi connectivity index (χ4n) is 2.93. The third kappa shape index (κ3) is 5.25. The maximum Gasteiger partial charge on any atom is 0.161 e. The van der Waals surface area contributed by atoms with Crippen LogP contribution in [0, 0.1) is 0 Å². The summed E-state index contributed by atoms with van der Waals surface area (Å²) in [5, 5.41) is 19.2. The Kier molecular flexibility index (Phi) is 7.70. The third-order valence-electron chi connectivity index (χ3n) is 4.23. The Morgan fingerprint density at radius 3 is 2.52 bits per heavy atom. The minimum atomic E-state index is -0.360. The fraction of sp³-hybridized carbons (Fsp3) is 0.364. The number of methoxy groups -OCH3 is 1. The van der Waals surface area contributed by atoms with Crippen LogP contribution >= 0.6 is 0 Å². The second kappa shape index (κ2) is 10.00. The van der Waals surface area contributed by atoms with Gasteiger partial charge in [0.2, 0.25) is 0 Å². The van der Waals surface area contributed by atoms with Crippen molar-refractivity contribution in [3.8, 4) is 17.2 Å². The number of aliphatic hydroxyl groups is 1. The molecule has 0 spiro atoms. The molecule has 0 radical (unpaired) electrons. The van der Waals surface area contributed by atoms with Crippen molar-refractivity contribution < 1.29 is 24.4 Å². The molecule has 0 aliphatic heterocycles. The highest BCUT2D eigenvalue weighted by molar-refractivity contribution is 5.55. The predicted molar refractivity (Wildman–Crippen MR) is 106 cm³/mol. The standard InChI is InChI=1S/C22H28O5/c1-5-7-16-8-11-20(21(12-16)25-4)27-15(3)22(26-6-2)17-9-10-19(24)18(13-17)14-23/h5,7-13,15,22-24H,6,14H2,1-4H3/b7-5+. The molecule has 146 valence electrons. The number of aliphatic hydroxyl groups excluding tert-OH is 1. The maximum atomic E-state index is 9.80. The van der Waals surface area contributed by atoms with E-state index in [1.807, 2.05) is 51.1 Å². The number of allylic oxidation sites excluding steroid dienone is 1. The van der Waals surface area contributed by atoms with Crippen molar-refractivity contribution in [3.63, 3.8) is 0 Å². The first-order valence-corrected chi connectivity index (χ1v) is 9.05. The van der Waals surface area contributed by atoms with Gasteiger partial charge < -0.3 is 24.4 Å². The van der Waals surface area contributed by atoms with E-state index in [-0.39, 0.29) is 24.6 Å². The largest absolute Gasteiger partial charge is 0.508 e. The molecule has 0 fully saturated rings. The van der Waals surface area contributed by atoms with E-state index in [1.54, 1.807) is 25.3 Å². The lowest BCUT2D eigenvalue weighted by molar-refractivity contribution is -0.0155. The van der Waals surface area contributed by atoms with E-state index in [9.17, 15) is 10.2 Å². The van der Waals surface area contributed by atoms with Crippen molar-refractivity contribution in [3.05, 3.63) is 59.2 Å². The van der Waals surface area contributed by atoms with Gasteiger partial charge in [-0.1, -0.05) is 24.3 Å². The first-order valence-electron chi connectivity index (χ1n) is 9.05. The maximum absolute atomic E-state index is 9.80. The predicted octanol–water partition coefficient (Wildman–Crippen LogP) is 4.47. The summed E-state index contributed by atoms with van der Waals surface area (Å²) in [5.74, 6) is 1.34. The van der Waals surface area contributed by atoms with Crippen molar-refractivity contribution in [2.24, 2.45) is 0 Å². The van der Waals surface area contributed by atoms with Gasteiger partial charge in [-0.05, 0) is 56.2 Å². The monoisotopic (exact) mass is 372 g/mol. The third-order valence-corrected chi connectivity index (χ3v) is 4.23. The van der Waals surface area contributed by atoms with Crippen LogP contribution in [0.1, 0.15) is 43.6 Å². The lowest BCUT2D eigenvalue weighted by Crippen LogP contribution is -2.25. The summed E-state index contributed by atoms with van der Waals surface area (Å²) < 4.78 is 17.5. The molecule has 2 N–H and O–H groups in total. The molecule has 2 aromatic rings. The second-order valence-corrected chi connectivity index (χ2v) is 6.16. The minimum Gasteiger partial charge on any atom is -0.508 e. The molecule has 5 heteroatoms. The van der Waals surface area contributed by atoms with Crippen LogP contribution in [0.2, 0.25) is 0 Å². The number of ether oxygens (including phenoxy) is 3. The van der Waals surface area contributed by atoms with Crippen LogP contribution in [-0.2, 0) is 11.3 Å². The topological polar surface area (TPSA) is 68.2 Å². The van der Waals surface area contributed by atoms with Gasteiger partial charge in [0.05, 0.1) is 13.7 Å². The number of hydrogen-bond acceptors (Lipinski definition) is 5. The van der Waals surface area contributed by atoms with Gasteiger partial charge in [0.1, 0.15) is 18.0 Å². The average molecular weight is 372 g/mol. The van der Waals surface area contributed by atoms with Crippen LogP contribution in [0.15, 0.2) is 42.5 Å². The molecule has 2 unspecified atom stereocenters. The van der Waals surface area contributed by atoms with E-state index in [1.165, 1.54) is 0 Å². The molecule has 0 aromatic heterocycles. The minimum absolute atomic E-state index is 0.0614. The fourth-order valence-corrected chi connectivity index (χ4v) is 2.93. The van der Waals surface area contributed by atoms with Crippen LogP contribution in [-0.4, -0.2) is 30.0 Å². The van der Waals surface area contributed by atoms with E-state index in [2.05, 4.69) is 0 Å². The van der Waals surface area contributed by atoms with Crippen molar-refractivity contribution in [1.82, 2.24) is 0 Å². The van der Waals surface area contributed by atoms with Gasteiger partial charge in [0, 0.05) is 12.2 Å². The first-order chi connectivity index (χ1) is 13.0.